The van der Waals surface area contributed by atoms with Crippen molar-refractivity contribution in [2.24, 2.45) is 0 Å². The monoisotopic (exact) mass is 212 g/mol. The first-order valence-corrected chi connectivity index (χ1v) is 5.53. The van der Waals surface area contributed by atoms with E-state index < -0.39 is 0 Å². The summed E-state index contributed by atoms with van der Waals surface area (Å²) in [5, 5.41) is 3.25. The van der Waals surface area contributed by atoms with Crippen LogP contribution in [0.15, 0.2) is 10.6 Å². The van der Waals surface area contributed by atoms with Crippen LogP contribution in [0.4, 0.5) is 0 Å². The summed E-state index contributed by atoms with van der Waals surface area (Å²) in [6.07, 6.45) is 2.76. The predicted octanol–water partition coefficient (Wildman–Crippen LogP) is 2.27. The Bertz CT molecular complexity index is 273. The summed E-state index contributed by atoms with van der Waals surface area (Å²) >= 11 is 0. The number of hydrogen-bond acceptors (Lipinski definition) is 4. The lowest BCUT2D eigenvalue weighted by Gasteiger charge is -2.06. The summed E-state index contributed by atoms with van der Waals surface area (Å²) in [7, 11) is 0. The Labute approximate surface area is 91.0 Å². The van der Waals surface area contributed by atoms with E-state index >= 15 is 0 Å². The van der Waals surface area contributed by atoms with E-state index in [1.807, 2.05) is 6.92 Å². The molecule has 0 aliphatic heterocycles. The van der Waals surface area contributed by atoms with Crippen molar-refractivity contribution in [3.8, 4) is 0 Å². The van der Waals surface area contributed by atoms with E-state index in [-0.39, 0.29) is 6.04 Å². The molecule has 0 saturated carbocycles. The van der Waals surface area contributed by atoms with Crippen molar-refractivity contribution in [3.05, 3.63) is 17.8 Å². The third-order valence-corrected chi connectivity index (χ3v) is 2.04. The van der Waals surface area contributed by atoms with Crippen molar-refractivity contribution >= 4 is 0 Å². The third-order valence-electron chi connectivity index (χ3n) is 2.04. The lowest BCUT2D eigenvalue weighted by molar-refractivity contribution is 0.105. The lowest BCUT2D eigenvalue weighted by atomic mass is 10.3. The van der Waals surface area contributed by atoms with Crippen LogP contribution < -0.4 is 5.32 Å². The van der Waals surface area contributed by atoms with Gasteiger partial charge in [0.05, 0.1) is 12.2 Å². The van der Waals surface area contributed by atoms with E-state index in [2.05, 4.69) is 24.1 Å². The summed E-state index contributed by atoms with van der Waals surface area (Å²) in [4.78, 5) is 4.20. The molecule has 1 heterocycles. The number of aromatic nitrogens is 1. The fourth-order valence-corrected chi connectivity index (χ4v) is 1.30. The SMILES string of the molecule is CCCOCc1cnc(C(C)NCC)o1. The van der Waals surface area contributed by atoms with E-state index in [0.717, 1.165) is 31.2 Å². The molecular formula is C11H20N2O2. The van der Waals surface area contributed by atoms with Gasteiger partial charge in [-0.25, -0.2) is 4.98 Å². The minimum Gasteiger partial charge on any atom is -0.442 e. The molecule has 0 aromatic carbocycles. The topological polar surface area (TPSA) is 47.3 Å². The van der Waals surface area contributed by atoms with Gasteiger partial charge in [0, 0.05) is 6.61 Å². The van der Waals surface area contributed by atoms with Gasteiger partial charge in [-0.15, -0.1) is 0 Å². The van der Waals surface area contributed by atoms with Crippen molar-refractivity contribution in [3.63, 3.8) is 0 Å². The van der Waals surface area contributed by atoms with Gasteiger partial charge in [0.1, 0.15) is 12.4 Å². The molecule has 0 bridgehead atoms. The average molecular weight is 212 g/mol. The third kappa shape index (κ3) is 4.01. The Balaban J connectivity index is 2.41. The number of rotatable bonds is 7. The molecule has 0 saturated heterocycles. The largest absolute Gasteiger partial charge is 0.442 e. The zero-order chi connectivity index (χ0) is 11.1. The molecule has 0 fully saturated rings. The van der Waals surface area contributed by atoms with E-state index in [1.54, 1.807) is 6.20 Å². The first kappa shape index (κ1) is 12.2. The van der Waals surface area contributed by atoms with E-state index in [1.165, 1.54) is 0 Å². The number of oxazole rings is 1. The van der Waals surface area contributed by atoms with Gasteiger partial charge in [0.25, 0.3) is 0 Å². The predicted molar refractivity (Wildman–Crippen MR) is 58.5 cm³/mol. The van der Waals surface area contributed by atoms with Crippen molar-refractivity contribution < 1.29 is 9.15 Å². The molecule has 15 heavy (non-hydrogen) atoms. The van der Waals surface area contributed by atoms with E-state index in [9.17, 15) is 0 Å². The normalized spacial score (nSPS) is 13.0. The molecule has 0 spiro atoms. The van der Waals surface area contributed by atoms with Crippen LogP contribution in [-0.4, -0.2) is 18.1 Å². The van der Waals surface area contributed by atoms with E-state index in [0.29, 0.717) is 6.61 Å². The molecule has 1 N–H and O–H groups in total. The molecule has 4 nitrogen and oxygen atoms in total. The zero-order valence-corrected chi connectivity index (χ0v) is 9.75. The van der Waals surface area contributed by atoms with Gasteiger partial charge in [0.2, 0.25) is 5.89 Å². The highest BCUT2D eigenvalue weighted by atomic mass is 16.5. The van der Waals surface area contributed by atoms with Gasteiger partial charge in [-0.2, -0.15) is 0 Å². The minimum atomic E-state index is 0.162. The lowest BCUT2D eigenvalue weighted by Crippen LogP contribution is -2.17. The molecule has 1 rings (SSSR count). The fourth-order valence-electron chi connectivity index (χ4n) is 1.30. The van der Waals surface area contributed by atoms with Crippen LogP contribution in [0.1, 0.15) is 44.9 Å². The van der Waals surface area contributed by atoms with Crippen LogP contribution in [0, 0.1) is 0 Å². The summed E-state index contributed by atoms with van der Waals surface area (Å²) in [5.74, 6) is 1.52. The number of ether oxygens (including phenoxy) is 1. The molecule has 1 aromatic rings. The first-order chi connectivity index (χ1) is 7.27. The Morgan fingerprint density at radius 3 is 3.00 bits per heavy atom. The highest BCUT2D eigenvalue weighted by Crippen LogP contribution is 2.13. The average Bonchev–Trinajstić information content (AvgIpc) is 2.67. The maximum Gasteiger partial charge on any atom is 0.211 e. The van der Waals surface area contributed by atoms with Gasteiger partial charge in [0.15, 0.2) is 0 Å². The zero-order valence-electron chi connectivity index (χ0n) is 9.75. The molecule has 0 aliphatic carbocycles. The van der Waals surface area contributed by atoms with Crippen LogP contribution in [0.5, 0.6) is 0 Å². The van der Waals surface area contributed by atoms with Gasteiger partial charge < -0.3 is 14.5 Å². The second kappa shape index (κ2) is 6.58. The van der Waals surface area contributed by atoms with Crippen molar-refractivity contribution in [1.82, 2.24) is 10.3 Å². The molecule has 0 radical (unpaired) electrons. The summed E-state index contributed by atoms with van der Waals surface area (Å²) in [5.41, 5.74) is 0. The summed E-state index contributed by atoms with van der Waals surface area (Å²) < 4.78 is 10.9. The van der Waals surface area contributed by atoms with Crippen molar-refractivity contribution in [2.45, 2.75) is 39.8 Å². The highest BCUT2D eigenvalue weighted by Gasteiger charge is 2.10. The van der Waals surface area contributed by atoms with Gasteiger partial charge >= 0.3 is 0 Å². The molecule has 86 valence electrons. The highest BCUT2D eigenvalue weighted by molar-refractivity contribution is 4.96. The van der Waals surface area contributed by atoms with Crippen LogP contribution >= 0.6 is 0 Å². The van der Waals surface area contributed by atoms with Crippen LogP contribution in [0.3, 0.4) is 0 Å². The molecule has 4 heteroatoms. The Hall–Kier alpha value is -0.870. The summed E-state index contributed by atoms with van der Waals surface area (Å²) in [6, 6.07) is 0.162. The number of nitrogens with one attached hydrogen (secondary N) is 1. The van der Waals surface area contributed by atoms with E-state index in [4.69, 9.17) is 9.15 Å². The molecule has 1 aromatic heterocycles. The molecule has 1 atom stereocenters. The quantitative estimate of drug-likeness (QED) is 0.704. The Kier molecular flexibility index (Phi) is 5.36. The number of hydrogen-bond donors (Lipinski definition) is 1. The fraction of sp³-hybridized carbons (Fsp3) is 0.727. The molecular weight excluding hydrogens is 192 g/mol. The second-order valence-corrected chi connectivity index (χ2v) is 3.50. The van der Waals surface area contributed by atoms with Gasteiger partial charge in [-0.3, -0.25) is 0 Å². The molecule has 0 amide bonds. The molecule has 0 aliphatic rings. The maximum atomic E-state index is 5.55. The standard InChI is InChI=1S/C11H20N2O2/c1-4-6-14-8-10-7-13-11(15-10)9(3)12-5-2/h7,9,12H,4-6,8H2,1-3H3. The minimum absolute atomic E-state index is 0.162. The second-order valence-electron chi connectivity index (χ2n) is 3.50. The maximum absolute atomic E-state index is 5.55. The number of nitrogens with zero attached hydrogens (tertiary/aromatic N) is 1. The Morgan fingerprint density at radius 1 is 1.53 bits per heavy atom. The Morgan fingerprint density at radius 2 is 2.33 bits per heavy atom. The molecule has 1 unspecified atom stereocenters. The van der Waals surface area contributed by atoms with Crippen molar-refractivity contribution in [2.75, 3.05) is 13.2 Å². The summed E-state index contributed by atoms with van der Waals surface area (Å²) in [6.45, 7) is 8.36. The smallest absolute Gasteiger partial charge is 0.211 e. The van der Waals surface area contributed by atoms with Crippen molar-refractivity contribution in [1.29, 1.82) is 0 Å². The van der Waals surface area contributed by atoms with Crippen LogP contribution in [0.2, 0.25) is 0 Å². The first-order valence-electron chi connectivity index (χ1n) is 5.53. The van der Waals surface area contributed by atoms with Gasteiger partial charge in [-0.1, -0.05) is 13.8 Å². The van der Waals surface area contributed by atoms with Gasteiger partial charge in [-0.05, 0) is 19.9 Å². The van der Waals surface area contributed by atoms with Crippen LogP contribution in [-0.2, 0) is 11.3 Å². The van der Waals surface area contributed by atoms with Crippen LogP contribution in [0.25, 0.3) is 0 Å².